The van der Waals surface area contributed by atoms with Gasteiger partial charge in [0.25, 0.3) is 0 Å². The van der Waals surface area contributed by atoms with Gasteiger partial charge in [-0.25, -0.2) is 9.18 Å². The summed E-state index contributed by atoms with van der Waals surface area (Å²) in [6.45, 7) is 2.56. The molecule has 1 aliphatic carbocycles. The van der Waals surface area contributed by atoms with Crippen LogP contribution in [-0.2, 0) is 0 Å². The number of amides is 2. The van der Waals surface area contributed by atoms with Gasteiger partial charge in [-0.3, -0.25) is 4.98 Å². The van der Waals surface area contributed by atoms with Gasteiger partial charge in [-0.1, -0.05) is 11.6 Å². The predicted octanol–water partition coefficient (Wildman–Crippen LogP) is 4.27. The Bertz CT molecular complexity index is 891. The first-order valence-corrected chi connectivity index (χ1v) is 10.6. The summed E-state index contributed by atoms with van der Waals surface area (Å²) < 4.78 is 19.9. The molecule has 1 aromatic heterocycles. The number of anilines is 1. The van der Waals surface area contributed by atoms with Crippen molar-refractivity contribution in [2.75, 3.05) is 32.1 Å². The van der Waals surface area contributed by atoms with Gasteiger partial charge < -0.3 is 20.3 Å². The maximum Gasteiger partial charge on any atom is 0.319 e. The molecule has 0 unspecified atom stereocenters. The Morgan fingerprint density at radius 1 is 1.30 bits per heavy atom. The molecule has 160 valence electrons. The third kappa shape index (κ3) is 5.21. The van der Waals surface area contributed by atoms with Crippen LogP contribution in [0.15, 0.2) is 36.5 Å². The SMILES string of the molecule is COc1cnc([C@@H]2CN(CC3CC3)CC[C@H]2NC(=O)Nc2ccc(Cl)cc2)c(F)c1. The highest BCUT2D eigenvalue weighted by Crippen LogP contribution is 2.34. The molecule has 8 heteroatoms. The van der Waals surface area contributed by atoms with Crippen molar-refractivity contribution in [1.29, 1.82) is 0 Å². The number of nitrogens with one attached hydrogen (secondary N) is 2. The van der Waals surface area contributed by atoms with Crippen LogP contribution in [-0.4, -0.2) is 48.7 Å². The number of urea groups is 1. The number of ether oxygens (including phenoxy) is 1. The number of benzene rings is 1. The Morgan fingerprint density at radius 2 is 2.07 bits per heavy atom. The van der Waals surface area contributed by atoms with Crippen molar-refractivity contribution in [2.45, 2.75) is 31.2 Å². The van der Waals surface area contributed by atoms with Crippen molar-refractivity contribution >= 4 is 23.3 Å². The van der Waals surface area contributed by atoms with E-state index < -0.39 is 5.82 Å². The number of methoxy groups -OCH3 is 1. The van der Waals surface area contributed by atoms with E-state index in [2.05, 4.69) is 20.5 Å². The molecule has 2 amide bonds. The van der Waals surface area contributed by atoms with E-state index in [1.807, 2.05) is 0 Å². The van der Waals surface area contributed by atoms with E-state index in [1.165, 1.54) is 32.2 Å². The molecule has 4 rings (SSSR count). The van der Waals surface area contributed by atoms with Gasteiger partial charge in [0.1, 0.15) is 11.6 Å². The lowest BCUT2D eigenvalue weighted by atomic mass is 9.88. The van der Waals surface area contributed by atoms with Crippen LogP contribution in [0, 0.1) is 11.7 Å². The molecule has 2 fully saturated rings. The predicted molar refractivity (Wildman–Crippen MR) is 115 cm³/mol. The van der Waals surface area contributed by atoms with Gasteiger partial charge in [0, 0.05) is 48.4 Å². The largest absolute Gasteiger partial charge is 0.495 e. The number of carbonyl (C=O) groups is 1. The highest BCUT2D eigenvalue weighted by molar-refractivity contribution is 6.30. The molecule has 2 atom stereocenters. The number of aromatic nitrogens is 1. The molecule has 2 heterocycles. The van der Waals surface area contributed by atoms with E-state index in [-0.39, 0.29) is 18.0 Å². The minimum absolute atomic E-state index is 0.219. The Labute approximate surface area is 180 Å². The molecule has 2 N–H and O–H groups in total. The van der Waals surface area contributed by atoms with Crippen molar-refractivity contribution < 1.29 is 13.9 Å². The van der Waals surface area contributed by atoms with Gasteiger partial charge >= 0.3 is 6.03 Å². The topological polar surface area (TPSA) is 66.5 Å². The Balaban J connectivity index is 1.48. The van der Waals surface area contributed by atoms with Crippen LogP contribution in [0.5, 0.6) is 5.75 Å². The summed E-state index contributed by atoms with van der Waals surface area (Å²) >= 11 is 5.90. The van der Waals surface area contributed by atoms with Crippen molar-refractivity contribution in [3.05, 3.63) is 53.1 Å². The van der Waals surface area contributed by atoms with Crippen molar-refractivity contribution in [1.82, 2.24) is 15.2 Å². The fraction of sp³-hybridized carbons (Fsp3) is 0.455. The summed E-state index contributed by atoms with van der Waals surface area (Å²) in [4.78, 5) is 19.3. The molecule has 1 aromatic carbocycles. The number of hydrogen-bond acceptors (Lipinski definition) is 4. The average Bonchev–Trinajstić information content (AvgIpc) is 3.55. The molecule has 2 aliphatic rings. The Hall–Kier alpha value is -2.38. The number of halogens is 2. The monoisotopic (exact) mass is 432 g/mol. The van der Waals surface area contributed by atoms with E-state index in [0.29, 0.717) is 28.7 Å². The van der Waals surface area contributed by atoms with Gasteiger partial charge in [0.15, 0.2) is 0 Å². The number of rotatable bonds is 6. The first-order chi connectivity index (χ1) is 14.5. The molecule has 30 heavy (non-hydrogen) atoms. The third-order valence-electron chi connectivity index (χ3n) is 5.76. The van der Waals surface area contributed by atoms with Gasteiger partial charge in [0.05, 0.1) is 19.0 Å². The molecule has 0 bridgehead atoms. The maximum absolute atomic E-state index is 14.8. The van der Waals surface area contributed by atoms with E-state index in [9.17, 15) is 9.18 Å². The average molecular weight is 433 g/mol. The van der Waals surface area contributed by atoms with Crippen LogP contribution in [0.1, 0.15) is 30.9 Å². The number of nitrogens with zero attached hydrogens (tertiary/aromatic N) is 2. The molecule has 1 aliphatic heterocycles. The molecule has 6 nitrogen and oxygen atoms in total. The zero-order valence-electron chi connectivity index (χ0n) is 16.9. The zero-order chi connectivity index (χ0) is 21.1. The highest BCUT2D eigenvalue weighted by atomic mass is 35.5. The number of hydrogen-bond donors (Lipinski definition) is 2. The number of piperidine rings is 1. The molecular formula is C22H26ClFN4O2. The standard InChI is InChI=1S/C22H26ClFN4O2/c1-30-17-10-19(24)21(25-11-17)18-13-28(12-14-2-3-14)9-8-20(18)27-22(29)26-16-6-4-15(23)5-7-16/h4-7,10-11,14,18,20H,2-3,8-9,12-13H2,1H3,(H2,26,27,29)/t18-,20-/m1/s1. The number of carbonyl (C=O) groups excluding carboxylic acids is 1. The van der Waals surface area contributed by atoms with Crippen LogP contribution in [0.4, 0.5) is 14.9 Å². The first-order valence-electron chi connectivity index (χ1n) is 10.3. The summed E-state index contributed by atoms with van der Waals surface area (Å²) in [6, 6.07) is 7.72. The minimum Gasteiger partial charge on any atom is -0.495 e. The lowest BCUT2D eigenvalue weighted by Gasteiger charge is -2.38. The summed E-state index contributed by atoms with van der Waals surface area (Å²) in [5, 5.41) is 6.45. The molecule has 0 radical (unpaired) electrons. The summed E-state index contributed by atoms with van der Waals surface area (Å²) in [5.74, 6) is 0.487. The minimum atomic E-state index is -0.405. The zero-order valence-corrected chi connectivity index (χ0v) is 17.7. The second kappa shape index (κ2) is 9.18. The maximum atomic E-state index is 14.8. The summed E-state index contributed by atoms with van der Waals surface area (Å²) in [5.41, 5.74) is 1.02. The summed E-state index contributed by atoms with van der Waals surface area (Å²) in [6.07, 6.45) is 4.80. The highest BCUT2D eigenvalue weighted by Gasteiger charge is 2.36. The van der Waals surface area contributed by atoms with Crippen LogP contribution in [0.2, 0.25) is 5.02 Å². The van der Waals surface area contributed by atoms with E-state index in [0.717, 1.165) is 25.4 Å². The van der Waals surface area contributed by atoms with Crippen molar-refractivity contribution in [3.8, 4) is 5.75 Å². The smallest absolute Gasteiger partial charge is 0.319 e. The first kappa shape index (κ1) is 20.9. The van der Waals surface area contributed by atoms with Crippen LogP contribution >= 0.6 is 11.6 Å². The second-order valence-electron chi connectivity index (χ2n) is 8.05. The van der Waals surface area contributed by atoms with Gasteiger partial charge in [-0.05, 0) is 49.4 Å². The fourth-order valence-corrected chi connectivity index (χ4v) is 4.11. The van der Waals surface area contributed by atoms with Crippen molar-refractivity contribution in [2.24, 2.45) is 5.92 Å². The second-order valence-corrected chi connectivity index (χ2v) is 8.49. The number of pyridine rings is 1. The quantitative estimate of drug-likeness (QED) is 0.715. The molecular weight excluding hydrogens is 407 g/mol. The fourth-order valence-electron chi connectivity index (χ4n) is 3.98. The van der Waals surface area contributed by atoms with Gasteiger partial charge in [0.2, 0.25) is 0 Å². The van der Waals surface area contributed by atoms with Crippen LogP contribution < -0.4 is 15.4 Å². The third-order valence-corrected chi connectivity index (χ3v) is 6.01. The van der Waals surface area contributed by atoms with Crippen molar-refractivity contribution in [3.63, 3.8) is 0 Å². The van der Waals surface area contributed by atoms with E-state index in [4.69, 9.17) is 16.3 Å². The molecule has 1 saturated carbocycles. The van der Waals surface area contributed by atoms with Crippen LogP contribution in [0.25, 0.3) is 0 Å². The molecule has 0 spiro atoms. The normalized spacial score (nSPS) is 21.8. The molecule has 1 saturated heterocycles. The Kier molecular flexibility index (Phi) is 6.39. The number of likely N-dealkylation sites (tertiary alicyclic amines) is 1. The van der Waals surface area contributed by atoms with Gasteiger partial charge in [-0.2, -0.15) is 0 Å². The van der Waals surface area contributed by atoms with E-state index >= 15 is 0 Å². The van der Waals surface area contributed by atoms with Gasteiger partial charge in [-0.15, -0.1) is 0 Å². The summed E-state index contributed by atoms with van der Waals surface area (Å²) in [7, 11) is 1.49. The lowest BCUT2D eigenvalue weighted by molar-refractivity contribution is 0.166. The van der Waals surface area contributed by atoms with E-state index in [1.54, 1.807) is 24.3 Å². The van der Waals surface area contributed by atoms with Crippen LogP contribution in [0.3, 0.4) is 0 Å². The lowest BCUT2D eigenvalue weighted by Crippen LogP contribution is -2.51. The Morgan fingerprint density at radius 3 is 2.73 bits per heavy atom. The molecule has 2 aromatic rings.